The molecule has 1 aliphatic rings. The average molecular weight is 455 g/mol. The van der Waals surface area contributed by atoms with Gasteiger partial charge in [-0.25, -0.2) is 0 Å². The molecule has 2 rings (SSSR count). The van der Waals surface area contributed by atoms with Crippen LogP contribution >= 0.6 is 24.0 Å². The Labute approximate surface area is 157 Å². The standard InChI is InChI=1S/C16H23F2N3O2.HI/c1-11-4-3-7-21(10-11)16(19)20-9-14(22)12-5-2-6-13(8-12)23-15(17)18;/h2,5-6,8,11,14-15,22H,3-4,7,9-10H2,1H3,(H2,19,20);1H. The first-order valence-electron chi connectivity index (χ1n) is 7.73. The SMILES string of the molecule is CC1CCCN(C(N)=NCC(O)c2cccc(OC(F)F)c2)C1.I. The molecule has 8 heteroatoms. The van der Waals surface area contributed by atoms with E-state index in [1.807, 2.05) is 4.90 Å². The molecule has 1 saturated heterocycles. The molecule has 0 aliphatic carbocycles. The number of nitrogens with zero attached hydrogens (tertiary/aromatic N) is 2. The van der Waals surface area contributed by atoms with Crippen LogP contribution in [0.3, 0.4) is 0 Å². The molecular weight excluding hydrogens is 431 g/mol. The maximum atomic E-state index is 12.2. The Morgan fingerprint density at radius 2 is 2.25 bits per heavy atom. The van der Waals surface area contributed by atoms with Crippen LogP contribution in [0.25, 0.3) is 0 Å². The lowest BCUT2D eigenvalue weighted by molar-refractivity contribution is -0.0499. The second-order valence-corrected chi connectivity index (χ2v) is 5.86. The smallest absolute Gasteiger partial charge is 0.387 e. The highest BCUT2D eigenvalue weighted by Gasteiger charge is 2.18. The molecule has 0 bridgehead atoms. The highest BCUT2D eigenvalue weighted by Crippen LogP contribution is 2.21. The minimum absolute atomic E-state index is 0. The Morgan fingerprint density at radius 1 is 1.50 bits per heavy atom. The predicted molar refractivity (Wildman–Crippen MR) is 99.9 cm³/mol. The molecule has 0 spiro atoms. The van der Waals surface area contributed by atoms with Crippen LogP contribution in [0.4, 0.5) is 8.78 Å². The lowest BCUT2D eigenvalue weighted by atomic mass is 10.0. The van der Waals surface area contributed by atoms with Crippen LogP contribution in [-0.4, -0.2) is 42.2 Å². The van der Waals surface area contributed by atoms with E-state index in [-0.39, 0.29) is 36.3 Å². The topological polar surface area (TPSA) is 71.1 Å². The zero-order chi connectivity index (χ0) is 16.8. The van der Waals surface area contributed by atoms with E-state index in [0.717, 1.165) is 19.5 Å². The molecule has 1 heterocycles. The Kier molecular flexibility index (Phi) is 8.68. The van der Waals surface area contributed by atoms with E-state index in [1.54, 1.807) is 12.1 Å². The van der Waals surface area contributed by atoms with Gasteiger partial charge in [-0.15, -0.1) is 24.0 Å². The number of piperidine rings is 1. The number of aliphatic imine (C=N–C) groups is 1. The second kappa shape index (κ2) is 9.97. The number of hydrogen-bond acceptors (Lipinski definition) is 3. The molecule has 2 unspecified atom stereocenters. The van der Waals surface area contributed by atoms with Crippen molar-refractivity contribution < 1.29 is 18.6 Å². The summed E-state index contributed by atoms with van der Waals surface area (Å²) in [5.41, 5.74) is 6.44. The molecule has 2 atom stereocenters. The molecule has 1 aromatic rings. The number of nitrogens with two attached hydrogens (primary N) is 1. The third-order valence-corrected chi connectivity index (χ3v) is 3.88. The molecule has 1 aliphatic heterocycles. The van der Waals surface area contributed by atoms with Crippen molar-refractivity contribution in [2.45, 2.75) is 32.5 Å². The summed E-state index contributed by atoms with van der Waals surface area (Å²) in [5, 5.41) is 10.2. The molecule has 0 saturated carbocycles. The first-order chi connectivity index (χ1) is 11.0. The van der Waals surface area contributed by atoms with Crippen LogP contribution in [0.15, 0.2) is 29.3 Å². The largest absolute Gasteiger partial charge is 0.435 e. The quantitative estimate of drug-likeness (QED) is 0.407. The average Bonchev–Trinajstić information content (AvgIpc) is 2.52. The van der Waals surface area contributed by atoms with Crippen molar-refractivity contribution in [3.63, 3.8) is 0 Å². The zero-order valence-electron chi connectivity index (χ0n) is 13.6. The molecular formula is C16H24F2IN3O2. The van der Waals surface area contributed by atoms with Crippen LogP contribution in [0, 0.1) is 5.92 Å². The van der Waals surface area contributed by atoms with Crippen LogP contribution < -0.4 is 10.5 Å². The normalized spacial score (nSPS) is 19.8. The fraction of sp³-hybridized carbons (Fsp3) is 0.562. The van der Waals surface area contributed by atoms with Crippen molar-refractivity contribution in [1.82, 2.24) is 4.90 Å². The van der Waals surface area contributed by atoms with Gasteiger partial charge in [-0.05, 0) is 36.5 Å². The number of likely N-dealkylation sites (tertiary alicyclic amines) is 1. The molecule has 0 amide bonds. The maximum absolute atomic E-state index is 12.2. The third kappa shape index (κ3) is 6.39. The van der Waals surface area contributed by atoms with Crippen molar-refractivity contribution in [2.24, 2.45) is 16.6 Å². The van der Waals surface area contributed by atoms with Crippen molar-refractivity contribution in [3.8, 4) is 5.75 Å². The van der Waals surface area contributed by atoms with Crippen LogP contribution in [0.5, 0.6) is 5.75 Å². The van der Waals surface area contributed by atoms with E-state index in [0.29, 0.717) is 17.4 Å². The summed E-state index contributed by atoms with van der Waals surface area (Å²) < 4.78 is 28.8. The van der Waals surface area contributed by atoms with Gasteiger partial charge in [0.25, 0.3) is 0 Å². The summed E-state index contributed by atoms with van der Waals surface area (Å²) in [7, 11) is 0. The van der Waals surface area contributed by atoms with Gasteiger partial charge in [-0.1, -0.05) is 19.1 Å². The number of benzene rings is 1. The molecule has 0 radical (unpaired) electrons. The van der Waals surface area contributed by atoms with Gasteiger partial charge in [0.05, 0.1) is 12.6 Å². The highest BCUT2D eigenvalue weighted by molar-refractivity contribution is 14.0. The first kappa shape index (κ1) is 20.9. The van der Waals surface area contributed by atoms with Crippen molar-refractivity contribution >= 4 is 29.9 Å². The van der Waals surface area contributed by atoms with E-state index >= 15 is 0 Å². The van der Waals surface area contributed by atoms with Gasteiger partial charge < -0.3 is 20.5 Å². The minimum Gasteiger partial charge on any atom is -0.435 e. The number of guanidine groups is 1. The number of halogens is 3. The number of aliphatic hydroxyl groups excluding tert-OH is 1. The second-order valence-electron chi connectivity index (χ2n) is 5.86. The number of aliphatic hydroxyl groups is 1. The molecule has 1 fully saturated rings. The van der Waals surface area contributed by atoms with Crippen molar-refractivity contribution in [2.75, 3.05) is 19.6 Å². The number of rotatable bonds is 5. The van der Waals surface area contributed by atoms with Gasteiger partial charge in [-0.2, -0.15) is 8.78 Å². The Balaban J connectivity index is 0.00000288. The van der Waals surface area contributed by atoms with E-state index < -0.39 is 12.7 Å². The summed E-state index contributed by atoms with van der Waals surface area (Å²) >= 11 is 0. The van der Waals surface area contributed by atoms with Crippen LogP contribution in [0.1, 0.15) is 31.4 Å². The number of hydrogen-bond donors (Lipinski definition) is 2. The van der Waals surface area contributed by atoms with Gasteiger partial charge in [0.1, 0.15) is 5.75 Å². The summed E-state index contributed by atoms with van der Waals surface area (Å²) in [6.07, 6.45) is 1.34. The van der Waals surface area contributed by atoms with Crippen LogP contribution in [-0.2, 0) is 0 Å². The fourth-order valence-corrected chi connectivity index (χ4v) is 2.68. The maximum Gasteiger partial charge on any atom is 0.387 e. The van der Waals surface area contributed by atoms with Gasteiger partial charge in [0.15, 0.2) is 5.96 Å². The summed E-state index contributed by atoms with van der Waals surface area (Å²) in [5.74, 6) is 1.000. The lowest BCUT2D eigenvalue weighted by Gasteiger charge is -2.31. The third-order valence-electron chi connectivity index (χ3n) is 3.88. The molecule has 1 aromatic carbocycles. The molecule has 0 aromatic heterocycles. The molecule has 3 N–H and O–H groups in total. The Morgan fingerprint density at radius 3 is 2.92 bits per heavy atom. The van der Waals surface area contributed by atoms with Crippen molar-refractivity contribution in [1.29, 1.82) is 0 Å². The van der Waals surface area contributed by atoms with Gasteiger partial charge in [-0.3, -0.25) is 4.99 Å². The van der Waals surface area contributed by atoms with Crippen LogP contribution in [0.2, 0.25) is 0 Å². The Hall–Kier alpha value is -1.16. The monoisotopic (exact) mass is 455 g/mol. The van der Waals surface area contributed by atoms with Gasteiger partial charge >= 0.3 is 6.61 Å². The van der Waals surface area contributed by atoms with E-state index in [1.165, 1.54) is 18.6 Å². The lowest BCUT2D eigenvalue weighted by Crippen LogP contribution is -2.43. The zero-order valence-corrected chi connectivity index (χ0v) is 15.9. The molecule has 5 nitrogen and oxygen atoms in total. The van der Waals surface area contributed by atoms with Gasteiger partial charge in [0, 0.05) is 13.1 Å². The minimum atomic E-state index is -2.89. The summed E-state index contributed by atoms with van der Waals surface area (Å²) in [4.78, 5) is 6.24. The van der Waals surface area contributed by atoms with E-state index in [9.17, 15) is 13.9 Å². The summed E-state index contributed by atoms with van der Waals surface area (Å²) in [6.45, 7) is 1.09. The Bertz CT molecular complexity index is 546. The summed E-state index contributed by atoms with van der Waals surface area (Å²) in [6, 6.07) is 5.98. The van der Waals surface area contributed by atoms with E-state index in [4.69, 9.17) is 5.73 Å². The van der Waals surface area contributed by atoms with Gasteiger partial charge in [0.2, 0.25) is 0 Å². The number of ether oxygens (including phenoxy) is 1. The first-order valence-corrected chi connectivity index (χ1v) is 7.73. The van der Waals surface area contributed by atoms with E-state index in [2.05, 4.69) is 16.7 Å². The predicted octanol–water partition coefficient (Wildman–Crippen LogP) is 2.99. The number of alkyl halides is 2. The highest BCUT2D eigenvalue weighted by atomic mass is 127. The fourth-order valence-electron chi connectivity index (χ4n) is 2.68. The molecule has 24 heavy (non-hydrogen) atoms. The van der Waals surface area contributed by atoms with Crippen molar-refractivity contribution in [3.05, 3.63) is 29.8 Å². The molecule has 136 valence electrons.